The predicted octanol–water partition coefficient (Wildman–Crippen LogP) is 3.95. The minimum atomic E-state index is -3.72. The van der Waals surface area contributed by atoms with E-state index in [2.05, 4.69) is 43.9 Å². The zero-order valence-electron chi connectivity index (χ0n) is 22.4. The van der Waals surface area contributed by atoms with Crippen molar-refractivity contribution in [3.63, 3.8) is 0 Å². The van der Waals surface area contributed by atoms with Crippen LogP contribution in [-0.4, -0.2) is 46.8 Å². The summed E-state index contributed by atoms with van der Waals surface area (Å²) in [5, 5.41) is 2.95. The SMILES string of the molecule is Cc1ccc(S(=O)(=O)NC2CCCC2)cc1C(=O)[C@H](C)[C@H]1NC(=O)[C@@H]1[C@@](C)(O[SiH](C)C)C(C)(C)C. The quantitative estimate of drug-likeness (QED) is 0.290. The van der Waals surface area contributed by atoms with Gasteiger partial charge in [-0.1, -0.05) is 46.6 Å². The number of hydrogen-bond donors (Lipinski definition) is 2. The Bertz CT molecular complexity index is 1080. The molecule has 9 heteroatoms. The highest BCUT2D eigenvalue weighted by molar-refractivity contribution is 7.89. The number of β-lactam (4-membered cyclic amide) rings is 1. The molecule has 1 aromatic rings. The number of carbonyl (C=O) groups excluding carboxylic acids is 2. The number of hydrogen-bond acceptors (Lipinski definition) is 5. The van der Waals surface area contributed by atoms with E-state index < -0.39 is 36.5 Å². The van der Waals surface area contributed by atoms with E-state index >= 15 is 0 Å². The summed E-state index contributed by atoms with van der Waals surface area (Å²) < 4.78 is 35.2. The molecule has 0 unspecified atom stereocenters. The molecule has 2 fully saturated rings. The number of amides is 1. The smallest absolute Gasteiger partial charge is 0.240 e. The molecular weight excluding hydrogens is 480 g/mol. The van der Waals surface area contributed by atoms with E-state index in [0.29, 0.717) is 11.1 Å². The first kappa shape index (κ1) is 28.0. The molecule has 0 bridgehead atoms. The lowest BCUT2D eigenvalue weighted by Gasteiger charge is -2.55. The van der Waals surface area contributed by atoms with Crippen LogP contribution in [-0.2, 0) is 19.2 Å². The fraction of sp³-hybridized carbons (Fsp3) is 0.692. The Hall–Kier alpha value is -1.55. The number of carbonyl (C=O) groups is 2. The van der Waals surface area contributed by atoms with E-state index in [0.717, 1.165) is 25.7 Å². The fourth-order valence-corrected chi connectivity index (χ4v) is 8.20. The Balaban J connectivity index is 1.89. The van der Waals surface area contributed by atoms with E-state index in [9.17, 15) is 18.0 Å². The lowest BCUT2D eigenvalue weighted by atomic mass is 9.62. The third-order valence-electron chi connectivity index (χ3n) is 7.93. The van der Waals surface area contributed by atoms with E-state index in [4.69, 9.17) is 4.43 Å². The second kappa shape index (κ2) is 10.1. The first-order chi connectivity index (χ1) is 16.1. The van der Waals surface area contributed by atoms with Crippen molar-refractivity contribution in [1.29, 1.82) is 0 Å². The highest BCUT2D eigenvalue weighted by Gasteiger charge is 2.59. The third-order valence-corrected chi connectivity index (χ3v) is 10.4. The van der Waals surface area contributed by atoms with Gasteiger partial charge in [0.15, 0.2) is 14.8 Å². The number of benzene rings is 1. The molecule has 2 aliphatic rings. The van der Waals surface area contributed by atoms with Gasteiger partial charge in [0.1, 0.15) is 0 Å². The maximum absolute atomic E-state index is 13.7. The number of sulfonamides is 1. The molecule has 3 rings (SSSR count). The van der Waals surface area contributed by atoms with Crippen molar-refractivity contribution in [3.05, 3.63) is 29.3 Å². The average molecular weight is 523 g/mol. The minimum Gasteiger partial charge on any atom is -0.414 e. The number of nitrogens with one attached hydrogen (secondary N) is 2. The van der Waals surface area contributed by atoms with E-state index in [-0.39, 0.29) is 34.1 Å². The number of Topliss-reactive ketones (excluding diaryl/α,β-unsaturated/α-hetero) is 1. The summed E-state index contributed by atoms with van der Waals surface area (Å²) in [4.78, 5) is 26.6. The van der Waals surface area contributed by atoms with E-state index in [1.807, 2.05) is 20.8 Å². The first-order valence-corrected chi connectivity index (χ1v) is 17.0. The van der Waals surface area contributed by atoms with Crippen LogP contribution >= 0.6 is 0 Å². The summed E-state index contributed by atoms with van der Waals surface area (Å²) in [6.45, 7) is 16.0. The van der Waals surface area contributed by atoms with Crippen molar-refractivity contribution in [2.45, 2.75) is 103 Å². The minimum absolute atomic E-state index is 0.0510. The second-order valence-electron chi connectivity index (χ2n) is 11.8. The van der Waals surface area contributed by atoms with Crippen LogP contribution in [0.3, 0.4) is 0 Å². The molecule has 196 valence electrons. The van der Waals surface area contributed by atoms with Crippen molar-refractivity contribution in [1.82, 2.24) is 10.0 Å². The zero-order valence-corrected chi connectivity index (χ0v) is 24.4. The Morgan fingerprint density at radius 2 is 1.77 bits per heavy atom. The first-order valence-electron chi connectivity index (χ1n) is 12.7. The van der Waals surface area contributed by atoms with Gasteiger partial charge >= 0.3 is 0 Å². The van der Waals surface area contributed by atoms with E-state index in [1.165, 1.54) is 6.07 Å². The van der Waals surface area contributed by atoms with Crippen LogP contribution in [0, 0.1) is 24.2 Å². The molecule has 1 aliphatic carbocycles. The van der Waals surface area contributed by atoms with Gasteiger partial charge in [-0.15, -0.1) is 0 Å². The number of rotatable bonds is 9. The lowest BCUT2D eigenvalue weighted by molar-refractivity contribution is -0.161. The van der Waals surface area contributed by atoms with Crippen LogP contribution < -0.4 is 10.0 Å². The molecule has 0 spiro atoms. The highest BCUT2D eigenvalue weighted by Crippen LogP contribution is 2.46. The van der Waals surface area contributed by atoms with Gasteiger partial charge in [-0.25, -0.2) is 13.1 Å². The molecular formula is C26H42N2O5SSi. The van der Waals surface area contributed by atoms with Crippen molar-refractivity contribution >= 4 is 30.8 Å². The molecule has 1 saturated carbocycles. The Labute approximate surface area is 212 Å². The molecule has 4 atom stereocenters. The molecule has 1 saturated heterocycles. The standard InChI is InChI=1S/C26H42N2O5SSi/c1-16-13-14-19(34(31,32)28-18-11-9-10-12-18)15-20(16)23(29)17(2)22-21(24(30)27-22)26(6,25(3,4)5)33-35(7)8/h13-15,17-18,21-22,28,35H,9-12H2,1-8H3,(H,27,30)/t17-,21-,22-,26-/m1/s1. The Kier molecular flexibility index (Phi) is 8.06. The van der Waals surface area contributed by atoms with Crippen LogP contribution in [0.2, 0.25) is 13.1 Å². The van der Waals surface area contributed by atoms with Gasteiger partial charge in [0.25, 0.3) is 0 Å². The Morgan fingerprint density at radius 3 is 2.29 bits per heavy atom. The van der Waals surface area contributed by atoms with Crippen molar-refractivity contribution in [2.75, 3.05) is 0 Å². The number of aryl methyl sites for hydroxylation is 1. The van der Waals surface area contributed by atoms with Gasteiger partial charge in [-0.05, 0) is 62.9 Å². The topological polar surface area (TPSA) is 102 Å². The molecule has 0 aromatic heterocycles. The van der Waals surface area contributed by atoms with Gasteiger partial charge in [0.05, 0.1) is 22.5 Å². The van der Waals surface area contributed by atoms with Crippen molar-refractivity contribution in [3.8, 4) is 0 Å². The number of ketones is 1. The molecule has 1 heterocycles. The summed E-state index contributed by atoms with van der Waals surface area (Å²) in [6.07, 6.45) is 3.72. The normalized spacial score (nSPS) is 24.1. The van der Waals surface area contributed by atoms with Gasteiger partial charge in [-0.3, -0.25) is 9.59 Å². The molecule has 0 radical (unpaired) electrons. The summed E-state index contributed by atoms with van der Waals surface area (Å²) in [5.74, 6) is -1.27. The van der Waals surface area contributed by atoms with Crippen molar-refractivity contribution in [2.24, 2.45) is 17.3 Å². The summed E-state index contributed by atoms with van der Waals surface area (Å²) in [7, 11) is -5.20. The molecule has 7 nitrogen and oxygen atoms in total. The predicted molar refractivity (Wildman–Crippen MR) is 140 cm³/mol. The van der Waals surface area contributed by atoms with Crippen LogP contribution in [0.4, 0.5) is 0 Å². The second-order valence-corrected chi connectivity index (χ2v) is 15.8. The Morgan fingerprint density at radius 1 is 1.17 bits per heavy atom. The van der Waals surface area contributed by atoms with Crippen LogP contribution in [0.25, 0.3) is 0 Å². The van der Waals surface area contributed by atoms with Gasteiger partial charge in [-0.2, -0.15) is 0 Å². The fourth-order valence-electron chi connectivity index (χ4n) is 5.39. The maximum Gasteiger partial charge on any atom is 0.240 e. The monoisotopic (exact) mass is 522 g/mol. The lowest BCUT2D eigenvalue weighted by Crippen LogP contribution is -2.72. The molecule has 2 N–H and O–H groups in total. The van der Waals surface area contributed by atoms with Crippen LogP contribution in [0.15, 0.2) is 23.1 Å². The summed E-state index contributed by atoms with van der Waals surface area (Å²) in [6, 6.07) is 4.29. The molecule has 1 amide bonds. The summed E-state index contributed by atoms with van der Waals surface area (Å²) >= 11 is 0. The molecule has 1 aromatic carbocycles. The van der Waals surface area contributed by atoms with Gasteiger partial charge in [0, 0.05) is 17.5 Å². The largest absolute Gasteiger partial charge is 0.414 e. The van der Waals surface area contributed by atoms with Gasteiger partial charge < -0.3 is 9.74 Å². The summed E-state index contributed by atoms with van der Waals surface area (Å²) in [5.41, 5.74) is 0.0563. The van der Waals surface area contributed by atoms with Crippen LogP contribution in [0.5, 0.6) is 0 Å². The zero-order chi connectivity index (χ0) is 26.3. The molecule has 35 heavy (non-hydrogen) atoms. The van der Waals surface area contributed by atoms with Crippen LogP contribution in [0.1, 0.15) is 76.2 Å². The highest BCUT2D eigenvalue weighted by atomic mass is 32.2. The average Bonchev–Trinajstić information content (AvgIpc) is 3.21. The third kappa shape index (κ3) is 5.58. The van der Waals surface area contributed by atoms with E-state index in [1.54, 1.807) is 12.1 Å². The van der Waals surface area contributed by atoms with Crippen molar-refractivity contribution < 1.29 is 22.4 Å². The van der Waals surface area contributed by atoms with Gasteiger partial charge in [0.2, 0.25) is 15.9 Å². The maximum atomic E-state index is 13.7. The molecule has 1 aliphatic heterocycles.